The van der Waals surface area contributed by atoms with E-state index in [1.807, 2.05) is 13.0 Å². The Morgan fingerprint density at radius 2 is 2.05 bits per heavy atom. The number of anilines is 1. The van der Waals surface area contributed by atoms with Crippen LogP contribution in [0.1, 0.15) is 43.9 Å². The predicted octanol–water partition coefficient (Wildman–Crippen LogP) is 2.26. The third-order valence-electron chi connectivity index (χ3n) is 4.04. The van der Waals surface area contributed by atoms with Gasteiger partial charge < -0.3 is 16.0 Å². The van der Waals surface area contributed by atoms with E-state index in [2.05, 4.69) is 10.2 Å². The summed E-state index contributed by atoms with van der Waals surface area (Å²) in [6.07, 6.45) is 1.79. The molecular weight excluding hydrogens is 269 g/mol. The fraction of sp³-hybridized carbons (Fsp3) is 0.562. The number of amides is 1. The van der Waals surface area contributed by atoms with Crippen LogP contribution >= 0.6 is 0 Å². The normalized spacial score (nSPS) is 17.7. The number of nitrogens with two attached hydrogens (primary N) is 1. The number of halogens is 1. The van der Waals surface area contributed by atoms with Gasteiger partial charge >= 0.3 is 0 Å². The maximum atomic E-state index is 13.8. The van der Waals surface area contributed by atoms with Gasteiger partial charge in [0.1, 0.15) is 5.82 Å². The van der Waals surface area contributed by atoms with Gasteiger partial charge in [-0.1, -0.05) is 0 Å². The monoisotopic (exact) mass is 293 g/mol. The smallest absolute Gasteiger partial charge is 0.217 e. The number of piperidine rings is 1. The topological polar surface area (TPSA) is 58.4 Å². The summed E-state index contributed by atoms with van der Waals surface area (Å²) >= 11 is 0. The predicted molar refractivity (Wildman–Crippen MR) is 82.8 cm³/mol. The van der Waals surface area contributed by atoms with Crippen LogP contribution in [-0.4, -0.2) is 25.0 Å². The Morgan fingerprint density at radius 3 is 2.57 bits per heavy atom. The average Bonchev–Trinajstić information content (AvgIpc) is 2.41. The Morgan fingerprint density at radius 1 is 1.43 bits per heavy atom. The van der Waals surface area contributed by atoms with Crippen LogP contribution in [0.25, 0.3) is 0 Å². The first-order chi connectivity index (χ1) is 9.88. The highest BCUT2D eigenvalue weighted by atomic mass is 19.1. The van der Waals surface area contributed by atoms with Gasteiger partial charge in [-0.15, -0.1) is 0 Å². The number of hydrogen-bond acceptors (Lipinski definition) is 3. The van der Waals surface area contributed by atoms with E-state index in [4.69, 9.17) is 5.73 Å². The fourth-order valence-electron chi connectivity index (χ4n) is 2.87. The molecule has 1 aliphatic rings. The van der Waals surface area contributed by atoms with Crippen molar-refractivity contribution in [3.05, 3.63) is 29.1 Å². The molecule has 1 aromatic carbocycles. The second-order valence-corrected chi connectivity index (χ2v) is 5.91. The zero-order valence-electron chi connectivity index (χ0n) is 12.9. The van der Waals surface area contributed by atoms with E-state index in [1.54, 1.807) is 19.9 Å². The van der Waals surface area contributed by atoms with Gasteiger partial charge in [0.05, 0.1) is 0 Å². The Bertz CT molecular complexity index is 522. The first kappa shape index (κ1) is 15.8. The third-order valence-corrected chi connectivity index (χ3v) is 4.04. The number of carbonyl (C=O) groups is 1. The summed E-state index contributed by atoms with van der Waals surface area (Å²) in [6.45, 7) is 6.88. The summed E-state index contributed by atoms with van der Waals surface area (Å²) in [4.78, 5) is 13.3. The van der Waals surface area contributed by atoms with Crippen LogP contribution in [0.15, 0.2) is 12.1 Å². The van der Waals surface area contributed by atoms with Crippen molar-refractivity contribution in [3.8, 4) is 0 Å². The van der Waals surface area contributed by atoms with Crippen molar-refractivity contribution in [2.45, 2.75) is 45.7 Å². The molecule has 1 amide bonds. The molecule has 4 nitrogen and oxygen atoms in total. The Kier molecular flexibility index (Phi) is 4.83. The molecule has 0 aliphatic carbocycles. The van der Waals surface area contributed by atoms with Gasteiger partial charge in [-0.3, -0.25) is 4.79 Å². The molecular formula is C16H24FN3O. The van der Waals surface area contributed by atoms with Crippen molar-refractivity contribution in [2.24, 2.45) is 5.73 Å². The highest BCUT2D eigenvalue weighted by Crippen LogP contribution is 2.30. The molecule has 0 aromatic heterocycles. The molecule has 2 rings (SSSR count). The van der Waals surface area contributed by atoms with Gasteiger partial charge in [0.2, 0.25) is 5.91 Å². The minimum atomic E-state index is -0.209. The van der Waals surface area contributed by atoms with Crippen molar-refractivity contribution in [1.29, 1.82) is 0 Å². The van der Waals surface area contributed by atoms with Gasteiger partial charge in [0, 0.05) is 37.8 Å². The van der Waals surface area contributed by atoms with Crippen molar-refractivity contribution in [1.82, 2.24) is 5.32 Å². The van der Waals surface area contributed by atoms with Crippen molar-refractivity contribution < 1.29 is 9.18 Å². The SMILES string of the molecule is CC(=O)NC1CCN(c2cc(C)c(F)cc2[C@@H](C)N)CC1. The molecule has 0 radical (unpaired) electrons. The van der Waals surface area contributed by atoms with Crippen LogP contribution in [0, 0.1) is 12.7 Å². The van der Waals surface area contributed by atoms with E-state index < -0.39 is 0 Å². The van der Waals surface area contributed by atoms with Crippen LogP contribution in [-0.2, 0) is 4.79 Å². The number of nitrogens with one attached hydrogen (secondary N) is 1. The molecule has 1 aliphatic heterocycles. The third kappa shape index (κ3) is 3.73. The van der Waals surface area contributed by atoms with Gasteiger partial charge in [0.25, 0.3) is 0 Å². The fourth-order valence-corrected chi connectivity index (χ4v) is 2.87. The zero-order valence-corrected chi connectivity index (χ0v) is 12.9. The summed E-state index contributed by atoms with van der Waals surface area (Å²) in [5.74, 6) is -0.193. The van der Waals surface area contributed by atoms with E-state index in [0.717, 1.165) is 37.2 Å². The standard InChI is InChI=1S/C16H24FN3O/c1-10-8-16(14(11(2)18)9-15(10)17)20-6-4-13(5-7-20)19-12(3)21/h8-9,11,13H,4-7,18H2,1-3H3,(H,19,21)/t11-/m1/s1. The number of rotatable bonds is 3. The highest BCUT2D eigenvalue weighted by Gasteiger charge is 2.23. The van der Waals surface area contributed by atoms with Gasteiger partial charge in [-0.05, 0) is 49.9 Å². The van der Waals surface area contributed by atoms with E-state index >= 15 is 0 Å². The maximum Gasteiger partial charge on any atom is 0.217 e. The number of hydrogen-bond donors (Lipinski definition) is 2. The molecule has 0 bridgehead atoms. The maximum absolute atomic E-state index is 13.8. The van der Waals surface area contributed by atoms with E-state index in [0.29, 0.717) is 5.56 Å². The molecule has 1 aromatic rings. The Labute approximate surface area is 125 Å². The second kappa shape index (κ2) is 6.43. The summed E-state index contributed by atoms with van der Waals surface area (Å²) in [5, 5.41) is 2.96. The number of benzene rings is 1. The quantitative estimate of drug-likeness (QED) is 0.898. The summed E-state index contributed by atoms with van der Waals surface area (Å²) in [7, 11) is 0. The molecule has 1 saturated heterocycles. The lowest BCUT2D eigenvalue weighted by Crippen LogP contribution is -2.44. The molecule has 5 heteroatoms. The van der Waals surface area contributed by atoms with Gasteiger partial charge in [-0.2, -0.15) is 0 Å². The first-order valence-corrected chi connectivity index (χ1v) is 7.46. The molecule has 0 spiro atoms. The van der Waals surface area contributed by atoms with Crippen molar-refractivity contribution in [3.63, 3.8) is 0 Å². The van der Waals surface area contributed by atoms with Crippen LogP contribution in [0.5, 0.6) is 0 Å². The summed E-state index contributed by atoms with van der Waals surface area (Å²) in [5.41, 5.74) is 8.48. The summed E-state index contributed by atoms with van der Waals surface area (Å²) in [6, 6.07) is 3.46. The number of aryl methyl sites for hydroxylation is 1. The van der Waals surface area contributed by atoms with E-state index in [9.17, 15) is 9.18 Å². The average molecular weight is 293 g/mol. The summed E-state index contributed by atoms with van der Waals surface area (Å²) < 4.78 is 13.8. The lowest BCUT2D eigenvalue weighted by atomic mass is 9.99. The largest absolute Gasteiger partial charge is 0.371 e. The van der Waals surface area contributed by atoms with Crippen LogP contribution < -0.4 is 16.0 Å². The van der Waals surface area contributed by atoms with Crippen LogP contribution in [0.3, 0.4) is 0 Å². The van der Waals surface area contributed by atoms with Gasteiger partial charge in [-0.25, -0.2) is 4.39 Å². The van der Waals surface area contributed by atoms with Gasteiger partial charge in [0.15, 0.2) is 0 Å². The minimum Gasteiger partial charge on any atom is -0.371 e. The number of carbonyl (C=O) groups excluding carboxylic acids is 1. The first-order valence-electron chi connectivity index (χ1n) is 7.46. The molecule has 1 heterocycles. The second-order valence-electron chi connectivity index (χ2n) is 5.91. The van der Waals surface area contributed by atoms with Crippen molar-refractivity contribution >= 4 is 11.6 Å². The molecule has 116 valence electrons. The lowest BCUT2D eigenvalue weighted by Gasteiger charge is -2.35. The Hall–Kier alpha value is -1.62. The molecule has 3 N–H and O–H groups in total. The molecule has 0 unspecified atom stereocenters. The Balaban J connectivity index is 2.16. The number of nitrogens with zero attached hydrogens (tertiary/aromatic N) is 1. The molecule has 0 saturated carbocycles. The molecule has 1 atom stereocenters. The van der Waals surface area contributed by atoms with Crippen LogP contribution in [0.4, 0.5) is 10.1 Å². The molecule has 1 fully saturated rings. The van der Waals surface area contributed by atoms with Crippen LogP contribution in [0.2, 0.25) is 0 Å². The van der Waals surface area contributed by atoms with Crippen molar-refractivity contribution in [2.75, 3.05) is 18.0 Å². The minimum absolute atomic E-state index is 0.0161. The zero-order chi connectivity index (χ0) is 15.6. The van der Waals surface area contributed by atoms with E-state index in [-0.39, 0.29) is 23.8 Å². The lowest BCUT2D eigenvalue weighted by molar-refractivity contribution is -0.119. The van der Waals surface area contributed by atoms with E-state index in [1.165, 1.54) is 0 Å². The molecule has 21 heavy (non-hydrogen) atoms. The highest BCUT2D eigenvalue weighted by molar-refractivity contribution is 5.73.